The van der Waals surface area contributed by atoms with Gasteiger partial charge in [-0.3, -0.25) is 9.36 Å². The molecule has 20 heavy (non-hydrogen) atoms. The number of hydrogen-bond acceptors (Lipinski definition) is 6. The number of rotatable bonds is 6. The van der Waals surface area contributed by atoms with Crippen LogP contribution < -0.4 is 0 Å². The van der Waals surface area contributed by atoms with Crippen LogP contribution in [0.3, 0.4) is 0 Å². The Bertz CT molecular complexity index is 404. The Balaban J connectivity index is 5.10. The van der Waals surface area contributed by atoms with E-state index in [-0.39, 0.29) is 12.2 Å². The molecule has 0 atom stereocenters. The van der Waals surface area contributed by atoms with Gasteiger partial charge in [0.1, 0.15) is 0 Å². The molecular weight excluding hydrogens is 285 g/mol. The molecule has 0 aliphatic rings. The average Bonchev–Trinajstić information content (AvgIpc) is 2.20. The standard InChI is InChI=1S/C12H22NO6P/c1-9(2)18-20(16,19-10(3)4)8-7-13(11(5)14)17-12(6)15/h7-10H,1-6H3/b8-7-. The SMILES string of the molecule is CC(=O)ON(/C=C\P(=O)(OC(C)C)OC(C)C)C(C)=O. The van der Waals surface area contributed by atoms with E-state index in [9.17, 15) is 14.2 Å². The summed E-state index contributed by atoms with van der Waals surface area (Å²) in [6, 6.07) is 0. The maximum Gasteiger partial charge on any atom is 0.356 e. The van der Waals surface area contributed by atoms with Crippen LogP contribution in [0.5, 0.6) is 0 Å². The van der Waals surface area contributed by atoms with E-state index >= 15 is 0 Å². The number of carbonyl (C=O) groups excluding carboxylic acids is 2. The van der Waals surface area contributed by atoms with Crippen LogP contribution in [-0.2, 0) is 28.0 Å². The summed E-state index contributed by atoms with van der Waals surface area (Å²) in [4.78, 5) is 26.8. The lowest BCUT2D eigenvalue weighted by atomic mass is 10.5. The second-order valence-electron chi connectivity index (χ2n) is 4.57. The molecule has 0 saturated carbocycles. The van der Waals surface area contributed by atoms with E-state index in [0.717, 1.165) is 18.9 Å². The van der Waals surface area contributed by atoms with Crippen molar-refractivity contribution >= 4 is 19.5 Å². The predicted octanol–water partition coefficient (Wildman–Crippen LogP) is 2.83. The maximum absolute atomic E-state index is 12.4. The molecule has 1 amide bonds. The van der Waals surface area contributed by atoms with E-state index in [2.05, 4.69) is 4.84 Å². The van der Waals surface area contributed by atoms with E-state index < -0.39 is 19.5 Å². The van der Waals surface area contributed by atoms with Crippen molar-refractivity contribution in [3.8, 4) is 0 Å². The van der Waals surface area contributed by atoms with E-state index in [4.69, 9.17) is 9.05 Å². The van der Waals surface area contributed by atoms with Gasteiger partial charge in [0.05, 0.1) is 18.4 Å². The van der Waals surface area contributed by atoms with Crippen molar-refractivity contribution < 1.29 is 28.0 Å². The molecule has 0 aliphatic heterocycles. The largest absolute Gasteiger partial charge is 0.356 e. The summed E-state index contributed by atoms with van der Waals surface area (Å²) in [6.45, 7) is 9.18. The van der Waals surface area contributed by atoms with Gasteiger partial charge < -0.3 is 13.9 Å². The van der Waals surface area contributed by atoms with E-state index in [1.54, 1.807) is 27.7 Å². The lowest BCUT2D eigenvalue weighted by Gasteiger charge is -2.21. The minimum absolute atomic E-state index is 0.330. The van der Waals surface area contributed by atoms with Crippen LogP contribution in [0, 0.1) is 0 Å². The molecule has 8 heteroatoms. The minimum atomic E-state index is -3.53. The van der Waals surface area contributed by atoms with Crippen molar-refractivity contribution in [1.29, 1.82) is 0 Å². The first kappa shape index (κ1) is 18.8. The molecule has 0 heterocycles. The van der Waals surface area contributed by atoms with Gasteiger partial charge in [-0.05, 0) is 27.7 Å². The molecule has 0 rings (SSSR count). The molecule has 0 aromatic carbocycles. The van der Waals surface area contributed by atoms with Gasteiger partial charge in [0.25, 0.3) is 5.91 Å². The highest BCUT2D eigenvalue weighted by atomic mass is 31.2. The number of nitrogens with zero attached hydrogens (tertiary/aromatic N) is 1. The Morgan fingerprint density at radius 3 is 1.80 bits per heavy atom. The van der Waals surface area contributed by atoms with Crippen LogP contribution in [0.4, 0.5) is 0 Å². The molecule has 0 aromatic rings. The van der Waals surface area contributed by atoms with Gasteiger partial charge in [-0.1, -0.05) is 0 Å². The third kappa shape index (κ3) is 8.09. The summed E-state index contributed by atoms with van der Waals surface area (Å²) in [7, 11) is -3.53. The third-order valence-corrected chi connectivity index (χ3v) is 3.57. The van der Waals surface area contributed by atoms with Crippen LogP contribution >= 0.6 is 7.60 Å². The molecule has 0 bridgehead atoms. The van der Waals surface area contributed by atoms with Crippen LogP contribution in [-0.4, -0.2) is 29.1 Å². The third-order valence-electron chi connectivity index (χ3n) is 1.64. The maximum atomic E-state index is 12.4. The summed E-state index contributed by atoms with van der Waals surface area (Å²) < 4.78 is 22.9. The molecule has 0 unspecified atom stereocenters. The zero-order chi connectivity index (χ0) is 15.9. The Morgan fingerprint density at radius 1 is 1.05 bits per heavy atom. The van der Waals surface area contributed by atoms with Gasteiger partial charge in [0.2, 0.25) is 0 Å². The van der Waals surface area contributed by atoms with Gasteiger partial charge in [-0.2, -0.15) is 0 Å². The molecule has 0 aliphatic carbocycles. The van der Waals surface area contributed by atoms with Crippen molar-refractivity contribution in [3.05, 3.63) is 12.0 Å². The van der Waals surface area contributed by atoms with Gasteiger partial charge in [-0.25, -0.2) is 4.79 Å². The molecule has 0 saturated heterocycles. The molecule has 0 N–H and O–H groups in total. The Morgan fingerprint density at radius 2 is 1.50 bits per heavy atom. The summed E-state index contributed by atoms with van der Waals surface area (Å²) in [5.74, 6) is -0.122. The summed E-state index contributed by atoms with van der Waals surface area (Å²) in [5.41, 5.74) is 0. The first-order chi connectivity index (χ1) is 9.05. The molecule has 0 fully saturated rings. The van der Waals surface area contributed by atoms with E-state index in [0.29, 0.717) is 5.06 Å². The summed E-state index contributed by atoms with van der Waals surface area (Å²) >= 11 is 0. The van der Waals surface area contributed by atoms with Crippen LogP contribution in [0.15, 0.2) is 12.0 Å². The first-order valence-electron chi connectivity index (χ1n) is 6.20. The van der Waals surface area contributed by atoms with E-state index in [1.165, 1.54) is 6.92 Å². The van der Waals surface area contributed by atoms with Crippen molar-refractivity contribution in [1.82, 2.24) is 5.06 Å². The summed E-state index contributed by atoms with van der Waals surface area (Å²) in [5, 5.41) is 0.669. The van der Waals surface area contributed by atoms with Crippen LogP contribution in [0.2, 0.25) is 0 Å². The predicted molar refractivity (Wildman–Crippen MR) is 73.5 cm³/mol. The number of hydroxylamine groups is 2. The zero-order valence-corrected chi connectivity index (χ0v) is 13.5. The molecule has 0 spiro atoms. The quantitative estimate of drug-likeness (QED) is 0.554. The lowest BCUT2D eigenvalue weighted by Crippen LogP contribution is -2.25. The second-order valence-corrected chi connectivity index (χ2v) is 6.37. The van der Waals surface area contributed by atoms with Crippen molar-refractivity contribution in [2.24, 2.45) is 0 Å². The first-order valence-corrected chi connectivity index (χ1v) is 7.81. The zero-order valence-electron chi connectivity index (χ0n) is 12.7. The monoisotopic (exact) mass is 307 g/mol. The smallest absolute Gasteiger partial charge is 0.334 e. The average molecular weight is 307 g/mol. The number of hydrogen-bond donors (Lipinski definition) is 0. The Hall–Kier alpha value is -1.17. The fourth-order valence-corrected chi connectivity index (χ4v) is 2.81. The Labute approximate surface area is 119 Å². The molecule has 0 aromatic heterocycles. The van der Waals surface area contributed by atoms with Crippen LogP contribution in [0.25, 0.3) is 0 Å². The Kier molecular flexibility index (Phi) is 7.71. The second kappa shape index (κ2) is 8.19. The highest BCUT2D eigenvalue weighted by Gasteiger charge is 2.25. The number of carbonyl (C=O) groups is 2. The fourth-order valence-electron chi connectivity index (χ4n) is 1.16. The lowest BCUT2D eigenvalue weighted by molar-refractivity contribution is -0.184. The van der Waals surface area contributed by atoms with Gasteiger partial charge >= 0.3 is 13.6 Å². The normalized spacial score (nSPS) is 12.2. The molecule has 116 valence electrons. The topological polar surface area (TPSA) is 82.1 Å². The van der Waals surface area contributed by atoms with Crippen molar-refractivity contribution in [2.75, 3.05) is 0 Å². The molecular formula is C12H22NO6P. The van der Waals surface area contributed by atoms with Crippen LogP contribution in [0.1, 0.15) is 41.5 Å². The fraction of sp³-hybridized carbons (Fsp3) is 0.667. The number of amides is 1. The highest BCUT2D eigenvalue weighted by Crippen LogP contribution is 2.52. The van der Waals surface area contributed by atoms with Crippen molar-refractivity contribution in [2.45, 2.75) is 53.8 Å². The van der Waals surface area contributed by atoms with Crippen molar-refractivity contribution in [3.63, 3.8) is 0 Å². The molecule has 7 nitrogen and oxygen atoms in total. The highest BCUT2D eigenvalue weighted by molar-refractivity contribution is 7.57. The molecule has 0 radical (unpaired) electrons. The summed E-state index contributed by atoms with van der Waals surface area (Å²) in [6.07, 6.45) is 0.405. The van der Waals surface area contributed by atoms with Gasteiger partial charge in [0, 0.05) is 19.7 Å². The van der Waals surface area contributed by atoms with E-state index in [1.807, 2.05) is 0 Å². The van der Waals surface area contributed by atoms with Gasteiger partial charge in [-0.15, -0.1) is 5.06 Å². The minimum Gasteiger partial charge on any atom is -0.334 e. The van der Waals surface area contributed by atoms with Gasteiger partial charge in [0.15, 0.2) is 0 Å².